The van der Waals surface area contributed by atoms with Gasteiger partial charge in [-0.05, 0) is 36.5 Å². The summed E-state index contributed by atoms with van der Waals surface area (Å²) in [5.41, 5.74) is 4.42. The fourth-order valence-corrected chi connectivity index (χ4v) is 2.47. The van der Waals surface area contributed by atoms with E-state index in [1.54, 1.807) is 0 Å². The molecule has 0 unspecified atom stereocenters. The van der Waals surface area contributed by atoms with E-state index in [2.05, 4.69) is 49.3 Å². The van der Waals surface area contributed by atoms with Crippen LogP contribution >= 0.6 is 0 Å². The molecule has 0 radical (unpaired) electrons. The maximum atomic E-state index is 4.57. The molecule has 0 aliphatic carbocycles. The van der Waals surface area contributed by atoms with E-state index >= 15 is 0 Å². The number of aryl methyl sites for hydroxylation is 2. The molecule has 0 bridgehead atoms. The summed E-state index contributed by atoms with van der Waals surface area (Å²) in [6.07, 6.45) is 3.18. The molecule has 1 N–H and O–H groups in total. The summed E-state index contributed by atoms with van der Waals surface area (Å²) in [7, 11) is 0. The van der Waals surface area contributed by atoms with E-state index in [0.717, 1.165) is 31.6 Å². The van der Waals surface area contributed by atoms with Gasteiger partial charge in [-0.15, -0.1) is 0 Å². The second-order valence-corrected chi connectivity index (χ2v) is 4.77. The number of hydrogen-bond donors (Lipinski definition) is 1. The maximum Gasteiger partial charge on any atom is 0.101 e. The van der Waals surface area contributed by atoms with Gasteiger partial charge in [0, 0.05) is 12.5 Å². The summed E-state index contributed by atoms with van der Waals surface area (Å²) in [5, 5.41) is 3.45. The first-order chi connectivity index (χ1) is 8.24. The first kappa shape index (κ1) is 12.2. The van der Waals surface area contributed by atoms with Crippen molar-refractivity contribution in [3.8, 4) is 0 Å². The Kier molecular flexibility index (Phi) is 3.82. The van der Waals surface area contributed by atoms with Crippen molar-refractivity contribution in [2.24, 2.45) is 4.99 Å². The molecule has 1 atom stereocenters. The lowest BCUT2D eigenvalue weighted by Gasteiger charge is -2.14. The number of nitrogens with zero attached hydrogens (tertiary/aromatic N) is 1. The van der Waals surface area contributed by atoms with E-state index < -0.39 is 0 Å². The Morgan fingerprint density at radius 2 is 1.88 bits per heavy atom. The molecule has 0 saturated carbocycles. The summed E-state index contributed by atoms with van der Waals surface area (Å²) in [6, 6.07) is 7.16. The zero-order valence-electron chi connectivity index (χ0n) is 11.1. The quantitative estimate of drug-likeness (QED) is 0.845. The average molecular weight is 230 g/mol. The van der Waals surface area contributed by atoms with Crippen LogP contribution in [0.5, 0.6) is 0 Å². The van der Waals surface area contributed by atoms with Gasteiger partial charge in [0.2, 0.25) is 0 Å². The molecule has 1 aliphatic rings. The highest BCUT2D eigenvalue weighted by Gasteiger charge is 2.15. The lowest BCUT2D eigenvalue weighted by Crippen LogP contribution is -2.28. The van der Waals surface area contributed by atoms with Gasteiger partial charge in [0.1, 0.15) is 5.84 Å². The summed E-state index contributed by atoms with van der Waals surface area (Å²) in [4.78, 5) is 4.57. The highest BCUT2D eigenvalue weighted by molar-refractivity contribution is 5.86. The molecule has 0 fully saturated rings. The number of hydrogen-bond acceptors (Lipinski definition) is 2. The number of rotatable bonds is 4. The van der Waals surface area contributed by atoms with Gasteiger partial charge in [0.15, 0.2) is 0 Å². The van der Waals surface area contributed by atoms with Gasteiger partial charge in [-0.2, -0.15) is 0 Å². The Bertz CT molecular complexity index is 399. The third-order valence-electron chi connectivity index (χ3n) is 3.45. The molecule has 2 nitrogen and oxygen atoms in total. The Labute approximate surface area is 104 Å². The lowest BCUT2D eigenvalue weighted by atomic mass is 9.95. The van der Waals surface area contributed by atoms with Crippen LogP contribution < -0.4 is 5.32 Å². The minimum atomic E-state index is 0.504. The van der Waals surface area contributed by atoms with Crippen LogP contribution in [0.1, 0.15) is 37.5 Å². The molecule has 1 aromatic carbocycles. The van der Waals surface area contributed by atoms with Crippen molar-refractivity contribution in [1.82, 2.24) is 5.32 Å². The minimum Gasteiger partial charge on any atom is -0.369 e. The monoisotopic (exact) mass is 230 g/mol. The Hall–Kier alpha value is -1.31. The van der Waals surface area contributed by atoms with E-state index in [9.17, 15) is 0 Å². The summed E-state index contributed by atoms with van der Waals surface area (Å²) in [6.45, 7) is 7.56. The van der Waals surface area contributed by atoms with Crippen LogP contribution in [0.4, 0.5) is 0 Å². The van der Waals surface area contributed by atoms with Crippen molar-refractivity contribution in [3.05, 3.63) is 34.9 Å². The molecule has 0 saturated heterocycles. The standard InChI is InChI=1S/C15H22N2/c1-4-12-7-6-8-13(5-2)14(12)9-15-16-10-11(3)17-15/h6-8,11H,4-5,9-10H2,1-3H3,(H,16,17)/t11-/m1/s1. The highest BCUT2D eigenvalue weighted by Crippen LogP contribution is 2.18. The Morgan fingerprint density at radius 1 is 1.24 bits per heavy atom. The highest BCUT2D eigenvalue weighted by atomic mass is 15.1. The van der Waals surface area contributed by atoms with Crippen LogP contribution in [0.2, 0.25) is 0 Å². The predicted molar refractivity (Wildman–Crippen MR) is 73.8 cm³/mol. The van der Waals surface area contributed by atoms with Crippen LogP contribution in [-0.2, 0) is 19.3 Å². The first-order valence-corrected chi connectivity index (χ1v) is 6.64. The zero-order chi connectivity index (χ0) is 12.3. The van der Waals surface area contributed by atoms with Gasteiger partial charge >= 0.3 is 0 Å². The third-order valence-corrected chi connectivity index (χ3v) is 3.45. The predicted octanol–water partition coefficient (Wildman–Crippen LogP) is 2.74. The van der Waals surface area contributed by atoms with Crippen LogP contribution in [0.25, 0.3) is 0 Å². The van der Waals surface area contributed by atoms with E-state index in [-0.39, 0.29) is 0 Å². The van der Waals surface area contributed by atoms with Crippen LogP contribution in [-0.4, -0.2) is 18.4 Å². The molecule has 2 heteroatoms. The third kappa shape index (κ3) is 2.68. The van der Waals surface area contributed by atoms with Crippen LogP contribution in [0, 0.1) is 0 Å². The van der Waals surface area contributed by atoms with E-state index in [1.807, 2.05) is 0 Å². The average Bonchev–Trinajstić information content (AvgIpc) is 2.75. The van der Waals surface area contributed by atoms with Crippen molar-refractivity contribution in [3.63, 3.8) is 0 Å². The molecule has 2 rings (SSSR count). The van der Waals surface area contributed by atoms with Crippen LogP contribution in [0.15, 0.2) is 23.2 Å². The van der Waals surface area contributed by atoms with Gasteiger partial charge < -0.3 is 5.32 Å². The van der Waals surface area contributed by atoms with Crippen LogP contribution in [0.3, 0.4) is 0 Å². The number of nitrogens with one attached hydrogen (secondary N) is 1. The van der Waals surface area contributed by atoms with E-state index in [0.29, 0.717) is 6.04 Å². The molecule has 1 aliphatic heterocycles. The second-order valence-electron chi connectivity index (χ2n) is 4.77. The zero-order valence-corrected chi connectivity index (χ0v) is 11.1. The topological polar surface area (TPSA) is 24.4 Å². The smallest absolute Gasteiger partial charge is 0.101 e. The largest absolute Gasteiger partial charge is 0.369 e. The molecule has 1 heterocycles. The molecule has 1 aromatic rings. The van der Waals surface area contributed by atoms with Crippen molar-refractivity contribution in [2.75, 3.05) is 6.54 Å². The second kappa shape index (κ2) is 5.35. The lowest BCUT2D eigenvalue weighted by molar-refractivity contribution is 0.722. The van der Waals surface area contributed by atoms with Crippen molar-refractivity contribution in [1.29, 1.82) is 0 Å². The number of aliphatic imine (C=N–C) groups is 1. The van der Waals surface area contributed by atoms with E-state index in [1.165, 1.54) is 16.7 Å². The van der Waals surface area contributed by atoms with Gasteiger partial charge in [0.25, 0.3) is 0 Å². The normalized spacial score (nSPS) is 19.0. The first-order valence-electron chi connectivity index (χ1n) is 6.64. The molecular formula is C15H22N2. The van der Waals surface area contributed by atoms with E-state index in [4.69, 9.17) is 0 Å². The number of amidine groups is 1. The maximum absolute atomic E-state index is 4.57. The molecule has 0 spiro atoms. The molecule has 17 heavy (non-hydrogen) atoms. The number of benzene rings is 1. The fourth-order valence-electron chi connectivity index (χ4n) is 2.47. The minimum absolute atomic E-state index is 0.504. The van der Waals surface area contributed by atoms with Gasteiger partial charge in [-0.3, -0.25) is 4.99 Å². The summed E-state index contributed by atoms with van der Waals surface area (Å²) < 4.78 is 0. The van der Waals surface area contributed by atoms with Crippen molar-refractivity contribution >= 4 is 5.84 Å². The van der Waals surface area contributed by atoms with Crippen molar-refractivity contribution < 1.29 is 0 Å². The molecule has 0 aromatic heterocycles. The fraction of sp³-hybridized carbons (Fsp3) is 0.533. The van der Waals surface area contributed by atoms with Gasteiger partial charge in [-0.25, -0.2) is 0 Å². The van der Waals surface area contributed by atoms with Crippen molar-refractivity contribution in [2.45, 2.75) is 46.1 Å². The Balaban J connectivity index is 2.24. The molecule has 92 valence electrons. The SMILES string of the molecule is CCc1cccc(CC)c1CC1=NC[C@@H](C)N1. The van der Waals surface area contributed by atoms with Gasteiger partial charge in [0.05, 0.1) is 6.54 Å². The Morgan fingerprint density at radius 3 is 2.35 bits per heavy atom. The molecular weight excluding hydrogens is 208 g/mol. The summed E-state index contributed by atoms with van der Waals surface area (Å²) >= 11 is 0. The summed E-state index contributed by atoms with van der Waals surface area (Å²) in [5.74, 6) is 1.16. The molecule has 0 amide bonds. The van der Waals surface area contributed by atoms with Gasteiger partial charge in [-0.1, -0.05) is 32.0 Å².